The highest BCUT2D eigenvalue weighted by Crippen LogP contribution is 2.22. The van der Waals surface area contributed by atoms with Gasteiger partial charge in [-0.25, -0.2) is 9.97 Å². The average molecular weight is 323 g/mol. The molecule has 1 aliphatic heterocycles. The molecule has 24 heavy (non-hydrogen) atoms. The highest BCUT2D eigenvalue weighted by atomic mass is 16.5. The number of aryl methyl sites for hydroxylation is 1. The van der Waals surface area contributed by atoms with Crippen LogP contribution in [0.15, 0.2) is 41.3 Å². The maximum atomic E-state index is 12.4. The van der Waals surface area contributed by atoms with Crippen LogP contribution < -0.4 is 4.90 Å². The zero-order valence-electron chi connectivity index (χ0n) is 13.3. The molecule has 0 bridgehead atoms. The van der Waals surface area contributed by atoms with Crippen molar-refractivity contribution in [1.29, 1.82) is 0 Å². The Balaban J connectivity index is 1.46. The number of hydrogen-bond acceptors (Lipinski definition) is 6. The molecule has 0 radical (unpaired) electrons. The summed E-state index contributed by atoms with van der Waals surface area (Å²) in [6.45, 7) is 4.66. The van der Waals surface area contributed by atoms with Crippen LogP contribution in [0.4, 0.5) is 5.69 Å². The summed E-state index contributed by atoms with van der Waals surface area (Å²) in [6.07, 6.45) is 3.37. The van der Waals surface area contributed by atoms with Gasteiger partial charge >= 0.3 is 0 Å². The molecule has 1 fully saturated rings. The van der Waals surface area contributed by atoms with Gasteiger partial charge in [-0.3, -0.25) is 4.79 Å². The van der Waals surface area contributed by atoms with Gasteiger partial charge in [-0.05, 0) is 25.1 Å². The number of aromatic nitrogens is 3. The molecule has 2 aromatic heterocycles. The molecule has 3 heterocycles. The van der Waals surface area contributed by atoms with Crippen LogP contribution in [0.3, 0.4) is 0 Å². The molecule has 0 N–H and O–H groups in total. The zero-order valence-corrected chi connectivity index (χ0v) is 13.3. The summed E-state index contributed by atoms with van der Waals surface area (Å²) in [5.74, 6) is 0.578. The van der Waals surface area contributed by atoms with E-state index in [1.807, 2.05) is 17.2 Å². The van der Waals surface area contributed by atoms with Crippen molar-refractivity contribution in [3.05, 3.63) is 48.2 Å². The van der Waals surface area contributed by atoms with Crippen molar-refractivity contribution in [1.82, 2.24) is 20.0 Å². The Morgan fingerprint density at radius 2 is 2.00 bits per heavy atom. The summed E-state index contributed by atoms with van der Waals surface area (Å²) < 4.78 is 4.99. The molecule has 1 aliphatic rings. The Morgan fingerprint density at radius 1 is 1.17 bits per heavy atom. The molecule has 122 valence electrons. The Labute approximate surface area is 138 Å². The maximum absolute atomic E-state index is 12.4. The normalized spacial score (nSPS) is 15.0. The first kappa shape index (κ1) is 14.6. The first-order valence-electron chi connectivity index (χ1n) is 7.88. The molecule has 1 amide bonds. The first-order valence-corrected chi connectivity index (χ1v) is 7.88. The van der Waals surface area contributed by atoms with Gasteiger partial charge in [0.1, 0.15) is 12.1 Å². The van der Waals surface area contributed by atoms with Crippen molar-refractivity contribution in [2.45, 2.75) is 6.92 Å². The van der Waals surface area contributed by atoms with Crippen LogP contribution in [-0.4, -0.2) is 52.1 Å². The molecule has 3 aromatic rings. The molecular formula is C17H17N5O2. The molecule has 0 saturated carbocycles. The Kier molecular flexibility index (Phi) is 3.60. The number of carbonyl (C=O) groups is 1. The van der Waals surface area contributed by atoms with E-state index >= 15 is 0 Å². The minimum atomic E-state index is -0.0709. The predicted octanol–water partition coefficient (Wildman–Crippen LogP) is 1.89. The lowest BCUT2D eigenvalue weighted by molar-refractivity contribution is 0.0736. The van der Waals surface area contributed by atoms with Gasteiger partial charge in [0.05, 0.1) is 5.52 Å². The fourth-order valence-electron chi connectivity index (χ4n) is 2.97. The summed E-state index contributed by atoms with van der Waals surface area (Å²) in [4.78, 5) is 24.8. The fourth-order valence-corrected chi connectivity index (χ4v) is 2.97. The van der Waals surface area contributed by atoms with Gasteiger partial charge in [-0.2, -0.15) is 0 Å². The molecule has 4 rings (SSSR count). The van der Waals surface area contributed by atoms with Gasteiger partial charge in [0.15, 0.2) is 5.69 Å². The van der Waals surface area contributed by atoms with Gasteiger partial charge in [0.2, 0.25) is 0 Å². The van der Waals surface area contributed by atoms with Gasteiger partial charge < -0.3 is 14.3 Å². The lowest BCUT2D eigenvalue weighted by Crippen LogP contribution is -2.48. The van der Waals surface area contributed by atoms with Crippen LogP contribution in [-0.2, 0) is 0 Å². The summed E-state index contributed by atoms with van der Waals surface area (Å²) in [6, 6.07) is 7.84. The van der Waals surface area contributed by atoms with Crippen LogP contribution in [0.25, 0.3) is 10.9 Å². The molecule has 0 aliphatic carbocycles. The maximum Gasteiger partial charge on any atom is 0.276 e. The Bertz CT molecular complexity index is 883. The highest BCUT2D eigenvalue weighted by Gasteiger charge is 2.24. The van der Waals surface area contributed by atoms with E-state index in [0.29, 0.717) is 24.5 Å². The minimum absolute atomic E-state index is 0.0709. The standard InChI is InChI=1S/C17H17N5O2/c1-12-8-16(20-24-12)17(23)22-6-4-21(5-7-22)14-2-3-15-13(9-14)10-18-11-19-15/h2-3,8-11H,4-7H2,1H3. The molecule has 0 unspecified atom stereocenters. The molecule has 1 saturated heterocycles. The van der Waals surface area contributed by atoms with E-state index < -0.39 is 0 Å². The van der Waals surface area contributed by atoms with Crippen LogP contribution in [0.1, 0.15) is 16.2 Å². The number of benzene rings is 1. The van der Waals surface area contributed by atoms with Gasteiger partial charge in [0.25, 0.3) is 5.91 Å². The zero-order chi connectivity index (χ0) is 16.5. The summed E-state index contributed by atoms with van der Waals surface area (Å²) >= 11 is 0. The summed E-state index contributed by atoms with van der Waals surface area (Å²) in [5, 5.41) is 4.83. The second kappa shape index (κ2) is 5.92. The van der Waals surface area contributed by atoms with Crippen molar-refractivity contribution in [2.75, 3.05) is 31.1 Å². The fraction of sp³-hybridized carbons (Fsp3) is 0.294. The van der Waals surface area contributed by atoms with Crippen molar-refractivity contribution < 1.29 is 9.32 Å². The lowest BCUT2D eigenvalue weighted by Gasteiger charge is -2.35. The monoisotopic (exact) mass is 323 g/mol. The number of anilines is 1. The number of nitrogens with zero attached hydrogens (tertiary/aromatic N) is 5. The van der Waals surface area contributed by atoms with E-state index in [4.69, 9.17) is 4.52 Å². The molecule has 7 nitrogen and oxygen atoms in total. The molecular weight excluding hydrogens is 306 g/mol. The van der Waals surface area contributed by atoms with E-state index in [1.54, 1.807) is 19.3 Å². The van der Waals surface area contributed by atoms with E-state index in [9.17, 15) is 4.79 Å². The van der Waals surface area contributed by atoms with E-state index in [2.05, 4.69) is 32.2 Å². The third kappa shape index (κ3) is 2.68. The SMILES string of the molecule is Cc1cc(C(=O)N2CCN(c3ccc4ncncc4c3)CC2)no1. The topological polar surface area (TPSA) is 75.4 Å². The molecule has 0 atom stereocenters. The lowest BCUT2D eigenvalue weighted by atomic mass is 10.2. The average Bonchev–Trinajstić information content (AvgIpc) is 3.07. The second-order valence-corrected chi connectivity index (χ2v) is 5.87. The quantitative estimate of drug-likeness (QED) is 0.717. The van der Waals surface area contributed by atoms with Crippen molar-refractivity contribution in [3.63, 3.8) is 0 Å². The van der Waals surface area contributed by atoms with Crippen molar-refractivity contribution >= 4 is 22.5 Å². The molecule has 0 spiro atoms. The number of hydrogen-bond donors (Lipinski definition) is 0. The Morgan fingerprint density at radius 3 is 2.75 bits per heavy atom. The van der Waals surface area contributed by atoms with Crippen LogP contribution in [0, 0.1) is 6.92 Å². The van der Waals surface area contributed by atoms with Crippen molar-refractivity contribution in [2.24, 2.45) is 0 Å². The van der Waals surface area contributed by atoms with Gasteiger partial charge in [0, 0.05) is 49.5 Å². The van der Waals surface area contributed by atoms with Gasteiger partial charge in [-0.15, -0.1) is 0 Å². The van der Waals surface area contributed by atoms with Crippen molar-refractivity contribution in [3.8, 4) is 0 Å². The highest BCUT2D eigenvalue weighted by molar-refractivity contribution is 5.92. The van der Waals surface area contributed by atoms with E-state index in [1.165, 1.54) is 0 Å². The summed E-state index contributed by atoms with van der Waals surface area (Å²) in [7, 11) is 0. The number of rotatable bonds is 2. The number of carbonyl (C=O) groups excluding carboxylic acids is 1. The Hall–Kier alpha value is -2.96. The van der Waals surface area contributed by atoms with Gasteiger partial charge in [-0.1, -0.05) is 5.16 Å². The third-order valence-electron chi connectivity index (χ3n) is 4.27. The minimum Gasteiger partial charge on any atom is -0.368 e. The number of amides is 1. The van der Waals surface area contributed by atoms with Crippen LogP contribution >= 0.6 is 0 Å². The first-order chi connectivity index (χ1) is 11.7. The smallest absolute Gasteiger partial charge is 0.276 e. The largest absolute Gasteiger partial charge is 0.368 e. The van der Waals surface area contributed by atoms with E-state index in [-0.39, 0.29) is 5.91 Å². The number of piperazine rings is 1. The third-order valence-corrected chi connectivity index (χ3v) is 4.27. The molecule has 1 aromatic carbocycles. The van der Waals surface area contributed by atoms with Crippen LogP contribution in [0.2, 0.25) is 0 Å². The predicted molar refractivity (Wildman–Crippen MR) is 88.9 cm³/mol. The number of fused-ring (bicyclic) bond motifs is 1. The molecule has 7 heteroatoms. The van der Waals surface area contributed by atoms with Crippen LogP contribution in [0.5, 0.6) is 0 Å². The second-order valence-electron chi connectivity index (χ2n) is 5.87. The van der Waals surface area contributed by atoms with E-state index in [0.717, 1.165) is 29.7 Å². The summed E-state index contributed by atoms with van der Waals surface area (Å²) in [5.41, 5.74) is 2.44.